The molecule has 1 atom stereocenters. The monoisotopic (exact) mass is 375 g/mol. The highest BCUT2D eigenvalue weighted by molar-refractivity contribution is 7.91. The van der Waals surface area contributed by atoms with Gasteiger partial charge in [0.05, 0.1) is 11.5 Å². The predicted molar refractivity (Wildman–Crippen MR) is 103 cm³/mol. The van der Waals surface area contributed by atoms with Crippen LogP contribution in [0.25, 0.3) is 10.8 Å². The first kappa shape index (κ1) is 18.7. The normalized spacial score (nSPS) is 19.0. The number of rotatable bonds is 6. The average molecular weight is 375 g/mol. The third-order valence-corrected chi connectivity index (χ3v) is 6.38. The van der Waals surface area contributed by atoms with Crippen LogP contribution in [-0.4, -0.2) is 49.9 Å². The molecule has 0 aliphatic carbocycles. The Morgan fingerprint density at radius 1 is 1.19 bits per heavy atom. The van der Waals surface area contributed by atoms with Gasteiger partial charge in [-0.15, -0.1) is 0 Å². The Kier molecular flexibility index (Phi) is 5.51. The molecule has 5 nitrogen and oxygen atoms in total. The van der Waals surface area contributed by atoms with Crippen molar-refractivity contribution in [1.29, 1.82) is 0 Å². The molecule has 1 heterocycles. The molecule has 140 valence electrons. The highest BCUT2D eigenvalue weighted by Gasteiger charge is 2.34. The van der Waals surface area contributed by atoms with Gasteiger partial charge >= 0.3 is 0 Å². The zero-order valence-corrected chi connectivity index (χ0v) is 16.0. The molecule has 0 spiro atoms. The Morgan fingerprint density at radius 3 is 2.62 bits per heavy atom. The van der Waals surface area contributed by atoms with Crippen LogP contribution in [0.4, 0.5) is 0 Å². The Labute approximate surface area is 154 Å². The van der Waals surface area contributed by atoms with E-state index >= 15 is 0 Å². The average Bonchev–Trinajstić information content (AvgIpc) is 2.97. The van der Waals surface area contributed by atoms with E-state index in [0.717, 1.165) is 10.8 Å². The van der Waals surface area contributed by atoms with Gasteiger partial charge in [0, 0.05) is 18.0 Å². The van der Waals surface area contributed by atoms with Gasteiger partial charge in [0.15, 0.2) is 16.4 Å². The maximum atomic E-state index is 12.8. The molecule has 0 aromatic heterocycles. The van der Waals surface area contributed by atoms with Gasteiger partial charge in [-0.25, -0.2) is 8.42 Å². The lowest BCUT2D eigenvalue weighted by Crippen LogP contribution is -2.45. The Hall–Kier alpha value is -2.08. The summed E-state index contributed by atoms with van der Waals surface area (Å²) >= 11 is 0. The number of sulfone groups is 1. The minimum absolute atomic E-state index is 0.0553. The smallest absolute Gasteiger partial charge is 0.260 e. The first-order valence-corrected chi connectivity index (χ1v) is 10.8. The number of carbonyl (C=O) groups is 1. The quantitative estimate of drug-likeness (QED) is 0.779. The molecule has 1 amide bonds. The lowest BCUT2D eigenvalue weighted by atomic mass is 10.1. The lowest BCUT2D eigenvalue weighted by Gasteiger charge is -2.30. The molecule has 2 aromatic carbocycles. The summed E-state index contributed by atoms with van der Waals surface area (Å²) in [4.78, 5) is 14.5. The first-order valence-electron chi connectivity index (χ1n) is 8.96. The molecule has 1 aliphatic rings. The fourth-order valence-electron chi connectivity index (χ4n) is 3.41. The molecular formula is C20H25NO4S. The second-order valence-corrected chi connectivity index (χ2v) is 9.49. The van der Waals surface area contributed by atoms with Crippen LogP contribution >= 0.6 is 0 Å². The van der Waals surface area contributed by atoms with E-state index in [1.54, 1.807) is 4.90 Å². The van der Waals surface area contributed by atoms with E-state index in [9.17, 15) is 13.2 Å². The molecule has 1 aliphatic heterocycles. The first-order chi connectivity index (χ1) is 12.4. The summed E-state index contributed by atoms with van der Waals surface area (Å²) in [7, 11) is -3.04. The van der Waals surface area contributed by atoms with Crippen LogP contribution < -0.4 is 4.74 Å². The summed E-state index contributed by atoms with van der Waals surface area (Å²) in [6, 6.07) is 13.4. The van der Waals surface area contributed by atoms with Gasteiger partial charge in [-0.3, -0.25) is 4.79 Å². The van der Waals surface area contributed by atoms with Gasteiger partial charge in [0.25, 0.3) is 5.91 Å². The number of ether oxygens (including phenoxy) is 1. The number of amides is 1. The minimum atomic E-state index is -3.04. The molecule has 1 fully saturated rings. The topological polar surface area (TPSA) is 63.7 Å². The third kappa shape index (κ3) is 4.36. The van der Waals surface area contributed by atoms with Crippen molar-refractivity contribution in [3.05, 3.63) is 42.5 Å². The zero-order valence-electron chi connectivity index (χ0n) is 15.2. The third-order valence-electron chi connectivity index (χ3n) is 4.63. The largest absolute Gasteiger partial charge is 0.483 e. The summed E-state index contributed by atoms with van der Waals surface area (Å²) < 4.78 is 29.4. The molecule has 0 bridgehead atoms. The van der Waals surface area contributed by atoms with Gasteiger partial charge in [-0.2, -0.15) is 0 Å². The Bertz CT molecular complexity index is 886. The SMILES string of the molecule is CC(C)CN(C(=O)COc1cccc2ccccc12)[C@@H]1CCS(=O)(=O)C1. The van der Waals surface area contributed by atoms with Crippen molar-refractivity contribution in [2.45, 2.75) is 26.3 Å². The second kappa shape index (κ2) is 7.66. The van der Waals surface area contributed by atoms with Crippen LogP contribution in [0.5, 0.6) is 5.75 Å². The maximum Gasteiger partial charge on any atom is 0.260 e. The molecule has 0 radical (unpaired) electrons. The number of benzene rings is 2. The molecule has 0 saturated carbocycles. The van der Waals surface area contributed by atoms with Crippen molar-refractivity contribution >= 4 is 26.5 Å². The van der Waals surface area contributed by atoms with Crippen molar-refractivity contribution in [2.75, 3.05) is 24.7 Å². The maximum absolute atomic E-state index is 12.8. The second-order valence-electron chi connectivity index (χ2n) is 7.26. The standard InChI is InChI=1S/C20H25NO4S/c1-15(2)12-21(17-10-11-26(23,24)14-17)20(22)13-25-19-9-5-7-16-6-3-4-8-18(16)19/h3-9,15,17H,10-14H2,1-2H3/t17-/m1/s1. The Morgan fingerprint density at radius 2 is 1.92 bits per heavy atom. The fraction of sp³-hybridized carbons (Fsp3) is 0.450. The highest BCUT2D eigenvalue weighted by atomic mass is 32.2. The molecule has 3 rings (SSSR count). The van der Waals surface area contributed by atoms with E-state index in [2.05, 4.69) is 0 Å². The molecule has 2 aromatic rings. The van der Waals surface area contributed by atoms with E-state index < -0.39 is 9.84 Å². The van der Waals surface area contributed by atoms with Crippen LogP contribution in [0.15, 0.2) is 42.5 Å². The van der Waals surface area contributed by atoms with Crippen LogP contribution in [0.1, 0.15) is 20.3 Å². The zero-order chi connectivity index (χ0) is 18.7. The summed E-state index contributed by atoms with van der Waals surface area (Å²) in [5, 5.41) is 2.01. The van der Waals surface area contributed by atoms with Gasteiger partial charge in [-0.05, 0) is 23.8 Å². The van der Waals surface area contributed by atoms with Crippen LogP contribution in [0.3, 0.4) is 0 Å². The lowest BCUT2D eigenvalue weighted by molar-refractivity contribution is -0.135. The van der Waals surface area contributed by atoms with E-state index in [0.29, 0.717) is 18.7 Å². The highest BCUT2D eigenvalue weighted by Crippen LogP contribution is 2.25. The molecule has 0 N–H and O–H groups in total. The number of hydrogen-bond acceptors (Lipinski definition) is 4. The summed E-state index contributed by atoms with van der Waals surface area (Å²) in [5.41, 5.74) is 0. The number of hydrogen-bond donors (Lipinski definition) is 0. The van der Waals surface area contributed by atoms with Gasteiger partial charge in [0.2, 0.25) is 0 Å². The van der Waals surface area contributed by atoms with Gasteiger partial charge < -0.3 is 9.64 Å². The van der Waals surface area contributed by atoms with Gasteiger partial charge in [0.1, 0.15) is 5.75 Å². The predicted octanol–water partition coefficient (Wildman–Crippen LogP) is 2.89. The summed E-state index contributed by atoms with van der Waals surface area (Å²) in [5.74, 6) is 0.984. The minimum Gasteiger partial charge on any atom is -0.483 e. The van der Waals surface area contributed by atoms with Crippen molar-refractivity contribution in [3.63, 3.8) is 0 Å². The number of fused-ring (bicyclic) bond motifs is 1. The van der Waals surface area contributed by atoms with Crippen molar-refractivity contribution in [3.8, 4) is 5.75 Å². The molecule has 6 heteroatoms. The summed E-state index contributed by atoms with van der Waals surface area (Å²) in [6.07, 6.45) is 0.509. The van der Waals surface area contributed by atoms with Gasteiger partial charge in [-0.1, -0.05) is 50.2 Å². The van der Waals surface area contributed by atoms with E-state index in [1.807, 2.05) is 56.3 Å². The number of carbonyl (C=O) groups excluding carboxylic acids is 1. The molecule has 1 saturated heterocycles. The molecule has 0 unspecified atom stereocenters. The Balaban J connectivity index is 1.73. The molecule has 26 heavy (non-hydrogen) atoms. The summed E-state index contributed by atoms with van der Waals surface area (Å²) in [6.45, 7) is 4.50. The van der Waals surface area contributed by atoms with E-state index in [4.69, 9.17) is 4.74 Å². The van der Waals surface area contributed by atoms with Crippen molar-refractivity contribution in [2.24, 2.45) is 5.92 Å². The van der Waals surface area contributed by atoms with E-state index in [1.165, 1.54) is 0 Å². The fourth-order valence-corrected chi connectivity index (χ4v) is 5.14. The van der Waals surface area contributed by atoms with Crippen molar-refractivity contribution in [1.82, 2.24) is 4.90 Å². The number of nitrogens with zero attached hydrogens (tertiary/aromatic N) is 1. The molecular weight excluding hydrogens is 350 g/mol. The van der Waals surface area contributed by atoms with Crippen molar-refractivity contribution < 1.29 is 17.9 Å². The van der Waals surface area contributed by atoms with Crippen LogP contribution in [0, 0.1) is 5.92 Å². The van der Waals surface area contributed by atoms with Crippen LogP contribution in [0.2, 0.25) is 0 Å². The van der Waals surface area contributed by atoms with E-state index in [-0.39, 0.29) is 36.0 Å². The van der Waals surface area contributed by atoms with Crippen LogP contribution in [-0.2, 0) is 14.6 Å².